The highest BCUT2D eigenvalue weighted by atomic mass is 32.1. The molecule has 1 amide bonds. The fourth-order valence-electron chi connectivity index (χ4n) is 2.16. The third-order valence-corrected chi connectivity index (χ3v) is 4.60. The Morgan fingerprint density at radius 2 is 2.14 bits per heavy atom. The summed E-state index contributed by atoms with van der Waals surface area (Å²) < 4.78 is 7.99. The lowest BCUT2D eigenvalue weighted by molar-refractivity contribution is 0.102. The number of hydrogen-bond donors (Lipinski definition) is 1. The molecule has 0 atom stereocenters. The monoisotopic (exact) mass is 316 g/mol. The van der Waals surface area contributed by atoms with E-state index in [1.54, 1.807) is 24.9 Å². The normalized spacial score (nSPS) is 10.9. The van der Waals surface area contributed by atoms with Crippen LogP contribution in [0.3, 0.4) is 0 Å². The van der Waals surface area contributed by atoms with Crippen molar-refractivity contribution in [2.45, 2.75) is 13.8 Å². The van der Waals surface area contributed by atoms with Gasteiger partial charge in [0.25, 0.3) is 5.91 Å². The Bertz CT molecular complexity index is 846. The third-order valence-electron chi connectivity index (χ3n) is 3.49. The summed E-state index contributed by atoms with van der Waals surface area (Å²) in [5, 5.41) is 7.51. The summed E-state index contributed by atoms with van der Waals surface area (Å²) in [5.74, 6) is 0.436. The summed E-state index contributed by atoms with van der Waals surface area (Å²) in [4.78, 5) is 16.7. The average molecular weight is 316 g/mol. The second kappa shape index (κ2) is 5.42. The van der Waals surface area contributed by atoms with Gasteiger partial charge in [-0.3, -0.25) is 14.8 Å². The predicted octanol–water partition coefficient (Wildman–Crippen LogP) is 2.91. The van der Waals surface area contributed by atoms with E-state index < -0.39 is 0 Å². The molecule has 0 bridgehead atoms. The number of rotatable bonds is 3. The quantitative estimate of drug-likeness (QED) is 0.806. The Morgan fingerprint density at radius 1 is 1.36 bits per heavy atom. The van der Waals surface area contributed by atoms with Crippen molar-refractivity contribution in [3.8, 4) is 5.75 Å². The molecule has 22 heavy (non-hydrogen) atoms. The Hall–Kier alpha value is -2.41. The maximum atomic E-state index is 12.2. The molecule has 0 fully saturated rings. The number of ether oxygens (including phenoxy) is 1. The van der Waals surface area contributed by atoms with Gasteiger partial charge in [0.2, 0.25) is 0 Å². The van der Waals surface area contributed by atoms with Crippen LogP contribution in [0.4, 0.5) is 5.13 Å². The zero-order valence-corrected chi connectivity index (χ0v) is 13.6. The van der Waals surface area contributed by atoms with Crippen LogP contribution in [-0.2, 0) is 7.05 Å². The Labute approximate surface area is 131 Å². The minimum absolute atomic E-state index is 0.264. The van der Waals surface area contributed by atoms with E-state index in [0.717, 1.165) is 21.5 Å². The number of nitrogens with one attached hydrogen (secondary N) is 1. The summed E-state index contributed by atoms with van der Waals surface area (Å²) >= 11 is 1.43. The highest BCUT2D eigenvalue weighted by molar-refractivity contribution is 7.22. The van der Waals surface area contributed by atoms with Gasteiger partial charge in [-0.25, -0.2) is 4.98 Å². The van der Waals surface area contributed by atoms with E-state index in [1.165, 1.54) is 11.3 Å². The van der Waals surface area contributed by atoms with Crippen LogP contribution in [0.5, 0.6) is 5.75 Å². The van der Waals surface area contributed by atoms with Gasteiger partial charge in [0.05, 0.1) is 11.8 Å². The van der Waals surface area contributed by atoms with Crippen molar-refractivity contribution in [2.24, 2.45) is 7.05 Å². The molecule has 7 heteroatoms. The molecule has 2 heterocycles. The van der Waals surface area contributed by atoms with E-state index in [9.17, 15) is 4.79 Å². The summed E-state index contributed by atoms with van der Waals surface area (Å²) in [6.45, 7) is 3.91. The molecule has 6 nitrogen and oxygen atoms in total. The van der Waals surface area contributed by atoms with Gasteiger partial charge in [0.1, 0.15) is 11.3 Å². The highest BCUT2D eigenvalue weighted by Gasteiger charge is 2.16. The van der Waals surface area contributed by atoms with Crippen LogP contribution in [0, 0.1) is 13.8 Å². The number of nitrogens with zero attached hydrogens (tertiary/aromatic N) is 3. The Kier molecular flexibility index (Phi) is 3.58. The fourth-order valence-corrected chi connectivity index (χ4v) is 3.11. The first-order chi connectivity index (χ1) is 10.5. The SMILES string of the molecule is COc1ccc(C)c2sc(NC(=O)c3cc(C)n(C)n3)nc12. The van der Waals surface area contributed by atoms with E-state index in [2.05, 4.69) is 15.4 Å². The first-order valence-electron chi connectivity index (χ1n) is 6.75. The summed E-state index contributed by atoms with van der Waals surface area (Å²) in [5.41, 5.74) is 3.16. The Morgan fingerprint density at radius 3 is 2.77 bits per heavy atom. The number of benzene rings is 1. The van der Waals surface area contributed by atoms with Crippen LogP contribution in [-0.4, -0.2) is 27.8 Å². The second-order valence-corrected chi connectivity index (χ2v) is 6.03. The van der Waals surface area contributed by atoms with Gasteiger partial charge >= 0.3 is 0 Å². The van der Waals surface area contributed by atoms with Crippen LogP contribution in [0.25, 0.3) is 10.2 Å². The van der Waals surface area contributed by atoms with Crippen LogP contribution in [0.1, 0.15) is 21.7 Å². The smallest absolute Gasteiger partial charge is 0.277 e. The lowest BCUT2D eigenvalue weighted by Gasteiger charge is -2.01. The zero-order chi connectivity index (χ0) is 15.9. The van der Waals surface area contributed by atoms with Crippen molar-refractivity contribution in [3.05, 3.63) is 35.2 Å². The minimum atomic E-state index is -0.264. The number of aromatic nitrogens is 3. The maximum Gasteiger partial charge on any atom is 0.277 e. The molecule has 3 rings (SSSR count). The van der Waals surface area contributed by atoms with Crippen LogP contribution < -0.4 is 10.1 Å². The van der Waals surface area contributed by atoms with Gasteiger partial charge in [-0.2, -0.15) is 5.10 Å². The van der Waals surface area contributed by atoms with Crippen molar-refractivity contribution in [1.29, 1.82) is 0 Å². The fraction of sp³-hybridized carbons (Fsp3) is 0.267. The van der Waals surface area contributed by atoms with E-state index in [-0.39, 0.29) is 5.91 Å². The summed E-state index contributed by atoms with van der Waals surface area (Å²) in [6, 6.07) is 5.60. The van der Waals surface area contributed by atoms with Crippen molar-refractivity contribution in [3.63, 3.8) is 0 Å². The number of fused-ring (bicyclic) bond motifs is 1. The van der Waals surface area contributed by atoms with Crippen molar-refractivity contribution in [1.82, 2.24) is 14.8 Å². The predicted molar refractivity (Wildman–Crippen MR) is 86.8 cm³/mol. The van der Waals surface area contributed by atoms with Gasteiger partial charge < -0.3 is 4.74 Å². The van der Waals surface area contributed by atoms with Gasteiger partial charge in [0.15, 0.2) is 10.8 Å². The first kappa shape index (κ1) is 14.5. The molecule has 1 N–H and O–H groups in total. The molecule has 0 spiro atoms. The van der Waals surface area contributed by atoms with Gasteiger partial charge in [-0.15, -0.1) is 0 Å². The number of hydrogen-bond acceptors (Lipinski definition) is 5. The van der Waals surface area contributed by atoms with E-state index in [0.29, 0.717) is 16.6 Å². The minimum Gasteiger partial charge on any atom is -0.494 e. The number of anilines is 1. The molecule has 114 valence electrons. The van der Waals surface area contributed by atoms with E-state index >= 15 is 0 Å². The molecule has 0 saturated heterocycles. The maximum absolute atomic E-state index is 12.2. The molecule has 1 aromatic carbocycles. The highest BCUT2D eigenvalue weighted by Crippen LogP contribution is 2.34. The van der Waals surface area contributed by atoms with Crippen molar-refractivity contribution >= 4 is 32.6 Å². The number of aryl methyl sites for hydroxylation is 3. The first-order valence-corrected chi connectivity index (χ1v) is 7.57. The molecule has 0 saturated carbocycles. The molecular weight excluding hydrogens is 300 g/mol. The van der Waals surface area contributed by atoms with Crippen molar-refractivity contribution < 1.29 is 9.53 Å². The van der Waals surface area contributed by atoms with Crippen LogP contribution >= 0.6 is 11.3 Å². The second-order valence-electron chi connectivity index (χ2n) is 5.03. The van der Waals surface area contributed by atoms with E-state index in [1.807, 2.05) is 26.0 Å². The van der Waals surface area contributed by atoms with Crippen LogP contribution in [0.2, 0.25) is 0 Å². The van der Waals surface area contributed by atoms with E-state index in [4.69, 9.17) is 4.74 Å². The van der Waals surface area contributed by atoms with Crippen LogP contribution in [0.15, 0.2) is 18.2 Å². The van der Waals surface area contributed by atoms with Gasteiger partial charge in [0, 0.05) is 12.7 Å². The average Bonchev–Trinajstić information content (AvgIpc) is 3.04. The number of methoxy groups -OCH3 is 1. The Balaban J connectivity index is 1.94. The number of carbonyl (C=O) groups is 1. The molecule has 0 aliphatic rings. The summed E-state index contributed by atoms with van der Waals surface area (Å²) in [7, 11) is 3.41. The molecule has 0 aliphatic heterocycles. The molecule has 2 aromatic heterocycles. The number of carbonyl (C=O) groups excluding carboxylic acids is 1. The lowest BCUT2D eigenvalue weighted by atomic mass is 10.2. The lowest BCUT2D eigenvalue weighted by Crippen LogP contribution is -2.12. The molecule has 0 unspecified atom stereocenters. The molecule has 0 aliphatic carbocycles. The number of amides is 1. The zero-order valence-electron chi connectivity index (χ0n) is 12.8. The molecular formula is C15H16N4O2S. The topological polar surface area (TPSA) is 69.0 Å². The third kappa shape index (κ3) is 2.43. The van der Waals surface area contributed by atoms with Gasteiger partial charge in [-0.05, 0) is 31.5 Å². The summed E-state index contributed by atoms with van der Waals surface area (Å²) in [6.07, 6.45) is 0. The molecule has 3 aromatic rings. The largest absolute Gasteiger partial charge is 0.494 e. The van der Waals surface area contributed by atoms with Gasteiger partial charge in [-0.1, -0.05) is 17.4 Å². The standard InChI is InChI=1S/C15H16N4O2S/c1-8-5-6-11(21-4)12-13(8)22-15(16-12)17-14(20)10-7-9(2)19(3)18-10/h5-7H,1-4H3,(H,16,17,20). The van der Waals surface area contributed by atoms with Crippen molar-refractivity contribution in [2.75, 3.05) is 12.4 Å². The molecule has 0 radical (unpaired) electrons. The number of thiazole rings is 1.